The minimum absolute atomic E-state index is 0.0740. The molecule has 1 aromatic heterocycles. The highest BCUT2D eigenvalue weighted by molar-refractivity contribution is 7.09. The van der Waals surface area contributed by atoms with E-state index in [1.807, 2.05) is 24.4 Å². The van der Waals surface area contributed by atoms with E-state index in [-0.39, 0.29) is 36.7 Å². The molecule has 0 spiro atoms. The molecule has 0 aliphatic heterocycles. The first kappa shape index (κ1) is 30.2. The Morgan fingerprint density at radius 2 is 1.46 bits per heavy atom. The molecule has 9 heteroatoms. The van der Waals surface area contributed by atoms with Crippen LogP contribution in [0.1, 0.15) is 73.2 Å². The first-order chi connectivity index (χ1) is 17.7. The summed E-state index contributed by atoms with van der Waals surface area (Å²) in [6.45, 7) is 3.36. The second kappa shape index (κ2) is 15.9. The van der Waals surface area contributed by atoms with E-state index in [0.717, 1.165) is 10.4 Å². The number of carbonyl (C=O) groups is 4. The molecule has 3 atom stereocenters. The number of hydrogen-bond acceptors (Lipinski definition) is 8. The zero-order valence-corrected chi connectivity index (χ0v) is 22.5. The minimum atomic E-state index is -1.00. The Labute approximate surface area is 221 Å². The molecular weight excluding hydrogens is 496 g/mol. The molecule has 8 nitrogen and oxygen atoms in total. The van der Waals surface area contributed by atoms with Crippen LogP contribution in [0.25, 0.3) is 0 Å². The van der Waals surface area contributed by atoms with E-state index >= 15 is 0 Å². The highest BCUT2D eigenvalue weighted by Crippen LogP contribution is 2.19. The van der Waals surface area contributed by atoms with E-state index < -0.39 is 30.1 Å². The standard InChI is InChI=1S/C28H36O8S/c1-4-22(34-3)17-26(30)36-24(13-14-25-6-5-15-37-25)18-27(31)35-23(16-19(2)29)12-9-20-7-10-21(11-8-20)28(32)33/h5-8,10-11,15,22-24H,4,9,12-14,16-18H2,1-3H3,(H,32,33). The van der Waals surface area contributed by atoms with E-state index in [0.29, 0.717) is 32.1 Å². The number of rotatable bonds is 17. The SMILES string of the molecule is CCC(CC(=O)OC(CCc1cccs1)CC(=O)OC(CCc1ccc(C(=O)O)cc1)CC(C)=O)OC. The summed E-state index contributed by atoms with van der Waals surface area (Å²) in [4.78, 5) is 49.3. The Bertz CT molecular complexity index is 996. The van der Waals surface area contributed by atoms with Crippen LogP contribution in [0, 0.1) is 0 Å². The van der Waals surface area contributed by atoms with Crippen molar-refractivity contribution in [3.8, 4) is 0 Å². The smallest absolute Gasteiger partial charge is 0.335 e. The van der Waals surface area contributed by atoms with Crippen molar-refractivity contribution >= 4 is 35.0 Å². The molecule has 0 radical (unpaired) electrons. The van der Waals surface area contributed by atoms with E-state index in [2.05, 4.69) is 0 Å². The predicted molar refractivity (Wildman–Crippen MR) is 140 cm³/mol. The number of methoxy groups -OCH3 is 1. The second-order valence-electron chi connectivity index (χ2n) is 8.96. The molecule has 2 rings (SSSR count). The molecule has 202 valence electrons. The number of carbonyl (C=O) groups excluding carboxylic acids is 3. The van der Waals surface area contributed by atoms with Crippen LogP contribution in [0.5, 0.6) is 0 Å². The summed E-state index contributed by atoms with van der Waals surface area (Å²) in [7, 11) is 1.54. The van der Waals surface area contributed by atoms with Crippen molar-refractivity contribution in [1.82, 2.24) is 0 Å². The van der Waals surface area contributed by atoms with Gasteiger partial charge in [-0.1, -0.05) is 25.1 Å². The van der Waals surface area contributed by atoms with Crippen molar-refractivity contribution in [2.45, 2.75) is 83.5 Å². The zero-order chi connectivity index (χ0) is 27.2. The van der Waals surface area contributed by atoms with Gasteiger partial charge in [-0.2, -0.15) is 0 Å². The van der Waals surface area contributed by atoms with Gasteiger partial charge in [0.2, 0.25) is 0 Å². The topological polar surface area (TPSA) is 116 Å². The number of aryl methyl sites for hydroxylation is 2. The monoisotopic (exact) mass is 532 g/mol. The van der Waals surface area contributed by atoms with Gasteiger partial charge in [0.1, 0.15) is 18.0 Å². The molecule has 1 N–H and O–H groups in total. The maximum absolute atomic E-state index is 12.8. The molecule has 0 fully saturated rings. The number of Topliss-reactive ketones (excluding diaryl/α,β-unsaturated/α-hetero) is 1. The summed E-state index contributed by atoms with van der Waals surface area (Å²) < 4.78 is 16.6. The number of aromatic carboxylic acids is 1. The number of thiophene rings is 1. The van der Waals surface area contributed by atoms with Crippen molar-refractivity contribution in [2.75, 3.05) is 7.11 Å². The molecule has 1 aromatic carbocycles. The molecule has 0 amide bonds. The molecule has 0 aliphatic rings. The molecule has 0 saturated heterocycles. The van der Waals surface area contributed by atoms with E-state index in [9.17, 15) is 19.2 Å². The first-order valence-corrected chi connectivity index (χ1v) is 13.3. The summed E-state index contributed by atoms with van der Waals surface area (Å²) >= 11 is 1.60. The number of carboxylic acids is 1. The van der Waals surface area contributed by atoms with Crippen LogP contribution in [0.3, 0.4) is 0 Å². The van der Waals surface area contributed by atoms with Crippen LogP contribution < -0.4 is 0 Å². The fraction of sp³-hybridized carbons (Fsp3) is 0.500. The third kappa shape index (κ3) is 11.7. The third-order valence-corrected chi connectivity index (χ3v) is 6.87. The van der Waals surface area contributed by atoms with Gasteiger partial charge in [-0.15, -0.1) is 11.3 Å². The molecular formula is C28H36O8S. The molecule has 3 unspecified atom stereocenters. The quantitative estimate of drug-likeness (QED) is 0.282. The molecule has 37 heavy (non-hydrogen) atoms. The van der Waals surface area contributed by atoms with E-state index in [1.54, 1.807) is 30.6 Å². The average Bonchev–Trinajstić information content (AvgIpc) is 3.38. The van der Waals surface area contributed by atoms with Crippen LogP contribution in [0.4, 0.5) is 0 Å². The van der Waals surface area contributed by atoms with Gasteiger partial charge >= 0.3 is 17.9 Å². The first-order valence-electron chi connectivity index (χ1n) is 12.5. The van der Waals surface area contributed by atoms with Gasteiger partial charge in [-0.05, 0) is 68.2 Å². The predicted octanol–water partition coefficient (Wildman–Crippen LogP) is 5.02. The fourth-order valence-corrected chi connectivity index (χ4v) is 4.58. The Hall–Kier alpha value is -3.04. The Morgan fingerprint density at radius 3 is 1.97 bits per heavy atom. The highest BCUT2D eigenvalue weighted by atomic mass is 32.1. The van der Waals surface area contributed by atoms with Gasteiger partial charge in [0.25, 0.3) is 0 Å². The van der Waals surface area contributed by atoms with Crippen molar-refractivity contribution in [1.29, 1.82) is 0 Å². The maximum atomic E-state index is 12.8. The van der Waals surface area contributed by atoms with E-state index in [1.165, 1.54) is 19.1 Å². The number of carboxylic acid groups (broad SMARTS) is 1. The highest BCUT2D eigenvalue weighted by Gasteiger charge is 2.24. The lowest BCUT2D eigenvalue weighted by atomic mass is 10.0. The number of ketones is 1. The van der Waals surface area contributed by atoms with Crippen molar-refractivity contribution in [2.24, 2.45) is 0 Å². The summed E-state index contributed by atoms with van der Waals surface area (Å²) in [5.74, 6) is -2.07. The lowest BCUT2D eigenvalue weighted by molar-refractivity contribution is -0.159. The lowest BCUT2D eigenvalue weighted by Gasteiger charge is -2.21. The summed E-state index contributed by atoms with van der Waals surface area (Å²) in [5.41, 5.74) is 1.07. The van der Waals surface area contributed by atoms with Gasteiger partial charge in [-0.25, -0.2) is 4.79 Å². The Kier molecular flexibility index (Phi) is 13.0. The molecule has 0 saturated carbocycles. The van der Waals surface area contributed by atoms with E-state index in [4.69, 9.17) is 19.3 Å². The lowest BCUT2D eigenvalue weighted by Crippen LogP contribution is -2.28. The maximum Gasteiger partial charge on any atom is 0.335 e. The average molecular weight is 533 g/mol. The second-order valence-corrected chi connectivity index (χ2v) is 10.00. The van der Waals surface area contributed by atoms with Gasteiger partial charge in [0.05, 0.1) is 24.5 Å². The molecule has 0 aliphatic carbocycles. The van der Waals surface area contributed by atoms with Crippen molar-refractivity contribution < 1.29 is 38.5 Å². The fourth-order valence-electron chi connectivity index (χ4n) is 3.86. The summed E-state index contributed by atoms with van der Waals surface area (Å²) in [6.07, 6.45) is 1.25. The minimum Gasteiger partial charge on any atom is -0.478 e. The van der Waals surface area contributed by atoms with Crippen molar-refractivity contribution in [3.63, 3.8) is 0 Å². The van der Waals surface area contributed by atoms with Gasteiger partial charge < -0.3 is 19.3 Å². The van der Waals surface area contributed by atoms with Crippen LogP contribution in [-0.2, 0) is 41.4 Å². The third-order valence-electron chi connectivity index (χ3n) is 5.94. The number of esters is 2. The number of hydrogen-bond donors (Lipinski definition) is 1. The molecule has 2 aromatic rings. The normalized spacial score (nSPS) is 13.4. The number of ether oxygens (including phenoxy) is 3. The van der Waals surface area contributed by atoms with Crippen molar-refractivity contribution in [3.05, 3.63) is 57.8 Å². The summed E-state index contributed by atoms with van der Waals surface area (Å²) in [5, 5.41) is 11.0. The van der Waals surface area contributed by atoms with Gasteiger partial charge in [0.15, 0.2) is 0 Å². The Balaban J connectivity index is 1.99. The number of benzene rings is 1. The molecule has 0 bridgehead atoms. The Morgan fingerprint density at radius 1 is 0.865 bits per heavy atom. The van der Waals surface area contributed by atoms with Gasteiger partial charge in [0, 0.05) is 18.4 Å². The van der Waals surface area contributed by atoms with Crippen LogP contribution >= 0.6 is 11.3 Å². The van der Waals surface area contributed by atoms with Gasteiger partial charge in [-0.3, -0.25) is 14.4 Å². The molecule has 1 heterocycles. The largest absolute Gasteiger partial charge is 0.478 e. The van der Waals surface area contributed by atoms with Crippen LogP contribution in [0.15, 0.2) is 41.8 Å². The van der Waals surface area contributed by atoms with Crippen LogP contribution in [-0.4, -0.2) is 54.2 Å². The zero-order valence-electron chi connectivity index (χ0n) is 21.6. The summed E-state index contributed by atoms with van der Waals surface area (Å²) in [6, 6.07) is 10.4. The van der Waals surface area contributed by atoms with Crippen LogP contribution in [0.2, 0.25) is 0 Å².